The highest BCUT2D eigenvalue weighted by molar-refractivity contribution is 6.16. The molecule has 3 aromatic heterocycles. The van der Waals surface area contributed by atoms with Gasteiger partial charge in [-0.05, 0) is 63.0 Å². The second kappa shape index (κ2) is 11.2. The van der Waals surface area contributed by atoms with E-state index in [-0.39, 0.29) is 0 Å². The molecule has 11 rings (SSSR count). The van der Waals surface area contributed by atoms with Crippen LogP contribution < -0.4 is 0 Å². The quantitative estimate of drug-likeness (QED) is 0.187. The molecular formula is C47H27N3O2. The van der Waals surface area contributed by atoms with Crippen molar-refractivity contribution in [2.75, 3.05) is 0 Å². The normalized spacial score (nSPS) is 11.8. The largest absolute Gasteiger partial charge is 0.456 e. The molecule has 0 aliphatic carbocycles. The molecule has 5 heteroatoms. The molecule has 242 valence electrons. The van der Waals surface area contributed by atoms with Gasteiger partial charge in [0.15, 0.2) is 17.5 Å². The number of hydrogen-bond acceptors (Lipinski definition) is 5. The van der Waals surface area contributed by atoms with E-state index in [0.717, 1.165) is 93.2 Å². The highest BCUT2D eigenvalue weighted by Gasteiger charge is 2.20. The third kappa shape index (κ3) is 4.39. The molecule has 0 amide bonds. The van der Waals surface area contributed by atoms with Crippen LogP contribution >= 0.6 is 0 Å². The van der Waals surface area contributed by atoms with Crippen LogP contribution in [0.4, 0.5) is 0 Å². The number of fused-ring (bicyclic) bond motifs is 8. The Hall–Kier alpha value is -7.11. The van der Waals surface area contributed by atoms with Gasteiger partial charge >= 0.3 is 0 Å². The smallest absolute Gasteiger partial charge is 0.167 e. The summed E-state index contributed by atoms with van der Waals surface area (Å²) < 4.78 is 12.7. The predicted molar refractivity (Wildman–Crippen MR) is 211 cm³/mol. The van der Waals surface area contributed by atoms with E-state index >= 15 is 0 Å². The van der Waals surface area contributed by atoms with E-state index in [1.807, 2.05) is 48.5 Å². The summed E-state index contributed by atoms with van der Waals surface area (Å²) in [6.07, 6.45) is 0. The van der Waals surface area contributed by atoms with Crippen LogP contribution in [-0.4, -0.2) is 15.0 Å². The van der Waals surface area contributed by atoms with E-state index in [0.29, 0.717) is 17.5 Å². The monoisotopic (exact) mass is 665 g/mol. The minimum atomic E-state index is 0.556. The first-order chi connectivity index (χ1) is 25.8. The molecule has 0 aliphatic rings. The van der Waals surface area contributed by atoms with Crippen molar-refractivity contribution in [1.29, 1.82) is 0 Å². The summed E-state index contributed by atoms with van der Waals surface area (Å²) in [6, 6.07) is 56.3. The second-order valence-electron chi connectivity index (χ2n) is 13.1. The molecule has 11 aromatic rings. The number of furan rings is 2. The number of rotatable bonds is 4. The van der Waals surface area contributed by atoms with Gasteiger partial charge in [-0.3, -0.25) is 0 Å². The lowest BCUT2D eigenvalue weighted by Crippen LogP contribution is -2.01. The van der Waals surface area contributed by atoms with Gasteiger partial charge in [0.1, 0.15) is 22.3 Å². The van der Waals surface area contributed by atoms with Crippen LogP contribution in [0.15, 0.2) is 173 Å². The molecule has 0 unspecified atom stereocenters. The summed E-state index contributed by atoms with van der Waals surface area (Å²) in [5.74, 6) is 1.75. The van der Waals surface area contributed by atoms with E-state index in [9.17, 15) is 0 Å². The average Bonchev–Trinajstić information content (AvgIpc) is 3.79. The van der Waals surface area contributed by atoms with Crippen LogP contribution in [0.1, 0.15) is 0 Å². The molecule has 0 spiro atoms. The average molecular weight is 666 g/mol. The standard InChI is InChI=1S/C47H27N3O2/c1-2-12-29-27-30(26-25-28(29)11-1)45-48-46(50-47(49-45)39-21-9-19-36-34-13-3-5-22-40(34)52-44(36)39)37-20-8-15-31-32(16-7-17-33(31)37)35-18-10-24-42-43(35)38-14-4-6-23-41(38)51-42/h1-27H. The number of nitrogens with zero attached hydrogens (tertiary/aromatic N) is 3. The molecule has 5 nitrogen and oxygen atoms in total. The van der Waals surface area contributed by atoms with E-state index < -0.39 is 0 Å². The maximum Gasteiger partial charge on any atom is 0.167 e. The van der Waals surface area contributed by atoms with Gasteiger partial charge in [0.05, 0.1) is 5.56 Å². The Morgan fingerprint density at radius 1 is 0.327 bits per heavy atom. The molecule has 0 saturated carbocycles. The summed E-state index contributed by atoms with van der Waals surface area (Å²) in [6.45, 7) is 0. The zero-order chi connectivity index (χ0) is 34.2. The second-order valence-corrected chi connectivity index (χ2v) is 13.1. The maximum absolute atomic E-state index is 6.47. The summed E-state index contributed by atoms with van der Waals surface area (Å²) in [5.41, 5.74) is 8.23. The highest BCUT2D eigenvalue weighted by Crippen LogP contribution is 2.41. The molecule has 0 atom stereocenters. The van der Waals surface area contributed by atoms with Crippen molar-refractivity contribution in [1.82, 2.24) is 15.0 Å². The summed E-state index contributed by atoms with van der Waals surface area (Å²) >= 11 is 0. The highest BCUT2D eigenvalue weighted by atomic mass is 16.3. The van der Waals surface area contributed by atoms with E-state index in [2.05, 4.69) is 115 Å². The Morgan fingerprint density at radius 2 is 0.885 bits per heavy atom. The van der Waals surface area contributed by atoms with Crippen LogP contribution in [0.3, 0.4) is 0 Å². The van der Waals surface area contributed by atoms with Crippen molar-refractivity contribution < 1.29 is 8.83 Å². The van der Waals surface area contributed by atoms with Gasteiger partial charge in [-0.25, -0.2) is 15.0 Å². The molecule has 0 saturated heterocycles. The summed E-state index contributed by atoms with van der Waals surface area (Å²) in [4.78, 5) is 15.6. The summed E-state index contributed by atoms with van der Waals surface area (Å²) in [7, 11) is 0. The molecule has 3 heterocycles. The fourth-order valence-corrected chi connectivity index (χ4v) is 7.74. The van der Waals surface area contributed by atoms with Crippen molar-refractivity contribution in [2.45, 2.75) is 0 Å². The van der Waals surface area contributed by atoms with Gasteiger partial charge in [0.25, 0.3) is 0 Å². The zero-order valence-electron chi connectivity index (χ0n) is 27.7. The molecule has 0 N–H and O–H groups in total. The van der Waals surface area contributed by atoms with Crippen molar-refractivity contribution in [3.8, 4) is 45.3 Å². The van der Waals surface area contributed by atoms with Gasteiger partial charge in [-0.1, -0.05) is 133 Å². The van der Waals surface area contributed by atoms with Gasteiger partial charge in [-0.2, -0.15) is 0 Å². The number of hydrogen-bond donors (Lipinski definition) is 0. The number of aromatic nitrogens is 3. The molecule has 0 fully saturated rings. The van der Waals surface area contributed by atoms with E-state index in [1.54, 1.807) is 0 Å². The van der Waals surface area contributed by atoms with Gasteiger partial charge < -0.3 is 8.83 Å². The lowest BCUT2D eigenvalue weighted by Gasteiger charge is -2.13. The fourth-order valence-electron chi connectivity index (χ4n) is 7.74. The van der Waals surface area contributed by atoms with Gasteiger partial charge in [0, 0.05) is 32.7 Å². The maximum atomic E-state index is 6.47. The van der Waals surface area contributed by atoms with Crippen LogP contribution in [0.2, 0.25) is 0 Å². The first kappa shape index (κ1) is 28.7. The van der Waals surface area contributed by atoms with Crippen LogP contribution in [0, 0.1) is 0 Å². The molecule has 0 radical (unpaired) electrons. The Bertz CT molecular complexity index is 3210. The molecular weight excluding hydrogens is 639 g/mol. The molecule has 8 aromatic carbocycles. The Labute approximate surface area is 297 Å². The van der Waals surface area contributed by atoms with Crippen LogP contribution in [0.5, 0.6) is 0 Å². The Kier molecular flexibility index (Phi) is 6.18. The predicted octanol–water partition coefficient (Wildman–Crippen LogP) is 12.6. The third-order valence-corrected chi connectivity index (χ3v) is 10.1. The molecule has 0 bridgehead atoms. The van der Waals surface area contributed by atoms with Crippen molar-refractivity contribution in [3.05, 3.63) is 164 Å². The van der Waals surface area contributed by atoms with Crippen LogP contribution in [-0.2, 0) is 0 Å². The van der Waals surface area contributed by atoms with Crippen molar-refractivity contribution in [2.24, 2.45) is 0 Å². The summed E-state index contributed by atoms with van der Waals surface area (Å²) in [5, 5.41) is 8.73. The fraction of sp³-hybridized carbons (Fsp3) is 0. The van der Waals surface area contributed by atoms with Gasteiger partial charge in [0.2, 0.25) is 0 Å². The Morgan fingerprint density at radius 3 is 1.73 bits per heavy atom. The zero-order valence-corrected chi connectivity index (χ0v) is 27.7. The van der Waals surface area contributed by atoms with Crippen LogP contribution in [0.25, 0.3) is 111 Å². The SMILES string of the molecule is c1ccc2cc(-c3nc(-c4cccc5c(-c6cccc7oc8ccccc8c67)cccc45)nc(-c4cccc5c4oc4ccccc45)n3)ccc2c1. The first-order valence-electron chi connectivity index (χ1n) is 17.4. The van der Waals surface area contributed by atoms with E-state index in [4.69, 9.17) is 23.8 Å². The topological polar surface area (TPSA) is 65.0 Å². The molecule has 0 aliphatic heterocycles. The number of para-hydroxylation sites is 3. The van der Waals surface area contributed by atoms with Crippen molar-refractivity contribution in [3.63, 3.8) is 0 Å². The third-order valence-electron chi connectivity index (χ3n) is 10.1. The Balaban J connectivity index is 1.16. The number of benzene rings is 8. The minimum absolute atomic E-state index is 0.556. The van der Waals surface area contributed by atoms with E-state index in [1.165, 1.54) is 0 Å². The van der Waals surface area contributed by atoms with Crippen molar-refractivity contribution >= 4 is 65.4 Å². The minimum Gasteiger partial charge on any atom is -0.456 e. The lowest BCUT2D eigenvalue weighted by atomic mass is 9.93. The van der Waals surface area contributed by atoms with Gasteiger partial charge in [-0.15, -0.1) is 0 Å². The first-order valence-corrected chi connectivity index (χ1v) is 17.4. The lowest BCUT2D eigenvalue weighted by molar-refractivity contribution is 0.669. The molecule has 52 heavy (non-hydrogen) atoms.